The van der Waals surface area contributed by atoms with Gasteiger partial charge in [0, 0.05) is 10.9 Å². The molecule has 1 atom stereocenters. The molecule has 0 aliphatic carbocycles. The molecule has 2 rings (SSSR count). The maximum Gasteiger partial charge on any atom is 0.0422 e. The zero-order chi connectivity index (χ0) is 9.97. The van der Waals surface area contributed by atoms with Crippen molar-refractivity contribution in [3.8, 4) is 0 Å². The van der Waals surface area contributed by atoms with E-state index in [0.717, 1.165) is 13.1 Å². The fourth-order valence-electron chi connectivity index (χ4n) is 2.14. The number of nitrogens with one attached hydrogen (secondary N) is 1. The van der Waals surface area contributed by atoms with E-state index in [1.165, 1.54) is 23.3 Å². The molecule has 0 saturated carbocycles. The lowest BCUT2D eigenvalue weighted by molar-refractivity contribution is 0.324. The minimum atomic E-state index is 0.261. The van der Waals surface area contributed by atoms with Gasteiger partial charge in [0.05, 0.1) is 0 Å². The minimum absolute atomic E-state index is 0.261. The molecule has 1 aliphatic rings. The Balaban J connectivity index is 2.07. The fraction of sp³-hybridized carbons (Fsp3) is 0.636. The van der Waals surface area contributed by atoms with Crippen molar-refractivity contribution >= 4 is 11.3 Å². The minimum Gasteiger partial charge on any atom is -0.323 e. The van der Waals surface area contributed by atoms with E-state index in [9.17, 15) is 0 Å². The molecule has 1 aromatic rings. The van der Waals surface area contributed by atoms with Crippen LogP contribution in [0.4, 0.5) is 0 Å². The van der Waals surface area contributed by atoms with Gasteiger partial charge in [-0.2, -0.15) is 0 Å². The van der Waals surface area contributed by atoms with Crippen molar-refractivity contribution in [2.75, 3.05) is 13.1 Å². The van der Waals surface area contributed by atoms with Gasteiger partial charge in [0.2, 0.25) is 0 Å². The molecule has 0 spiro atoms. The fourth-order valence-corrected chi connectivity index (χ4v) is 3.17. The molecule has 1 aliphatic heterocycles. The topological polar surface area (TPSA) is 38.0 Å². The molecule has 0 aromatic carbocycles. The van der Waals surface area contributed by atoms with Crippen LogP contribution in [0.25, 0.3) is 0 Å². The zero-order valence-electron chi connectivity index (χ0n) is 8.62. The number of hydrogen-bond donors (Lipinski definition) is 2. The van der Waals surface area contributed by atoms with Gasteiger partial charge >= 0.3 is 0 Å². The van der Waals surface area contributed by atoms with Crippen LogP contribution < -0.4 is 11.1 Å². The molecule has 1 fully saturated rings. The van der Waals surface area contributed by atoms with Crippen LogP contribution in [0.3, 0.4) is 0 Å². The predicted molar refractivity (Wildman–Crippen MR) is 61.6 cm³/mol. The molecule has 1 aromatic heterocycles. The summed E-state index contributed by atoms with van der Waals surface area (Å²) in [7, 11) is 0. The van der Waals surface area contributed by atoms with Crippen LogP contribution in [0.15, 0.2) is 11.4 Å². The average molecular weight is 210 g/mol. The summed E-state index contributed by atoms with van der Waals surface area (Å²) in [6, 6.07) is 2.43. The molecule has 0 radical (unpaired) electrons. The second-order valence-corrected chi connectivity index (χ2v) is 5.03. The second-order valence-electron chi connectivity index (χ2n) is 4.08. The summed E-state index contributed by atoms with van der Waals surface area (Å²) < 4.78 is 0. The third-order valence-electron chi connectivity index (χ3n) is 3.10. The van der Waals surface area contributed by atoms with Crippen LogP contribution in [-0.2, 0) is 0 Å². The average Bonchev–Trinajstić information content (AvgIpc) is 2.65. The molecule has 2 heterocycles. The molecule has 2 nitrogen and oxygen atoms in total. The molecular weight excluding hydrogens is 192 g/mol. The Hall–Kier alpha value is -0.380. The Bertz CT molecular complexity index is 289. The van der Waals surface area contributed by atoms with Gasteiger partial charge in [-0.15, -0.1) is 11.3 Å². The van der Waals surface area contributed by atoms with Crippen molar-refractivity contribution < 1.29 is 0 Å². The molecule has 0 amide bonds. The van der Waals surface area contributed by atoms with E-state index in [4.69, 9.17) is 5.73 Å². The normalized spacial score (nSPS) is 21.0. The highest BCUT2D eigenvalue weighted by Crippen LogP contribution is 2.31. The first kappa shape index (κ1) is 10.1. The molecule has 1 saturated heterocycles. The summed E-state index contributed by atoms with van der Waals surface area (Å²) in [6.45, 7) is 4.42. The van der Waals surface area contributed by atoms with Crippen molar-refractivity contribution in [3.63, 3.8) is 0 Å². The predicted octanol–water partition coefficient (Wildman–Crippen LogP) is 2.06. The van der Waals surface area contributed by atoms with Crippen molar-refractivity contribution in [1.29, 1.82) is 0 Å². The van der Waals surface area contributed by atoms with E-state index in [1.54, 1.807) is 11.3 Å². The van der Waals surface area contributed by atoms with Gasteiger partial charge in [0.25, 0.3) is 0 Å². The van der Waals surface area contributed by atoms with Crippen LogP contribution in [0.5, 0.6) is 0 Å². The number of piperidine rings is 1. The van der Waals surface area contributed by atoms with Crippen molar-refractivity contribution in [2.45, 2.75) is 25.8 Å². The highest BCUT2D eigenvalue weighted by Gasteiger charge is 2.23. The van der Waals surface area contributed by atoms with Crippen LogP contribution in [0.1, 0.15) is 29.3 Å². The highest BCUT2D eigenvalue weighted by molar-refractivity contribution is 7.10. The van der Waals surface area contributed by atoms with Crippen LogP contribution in [-0.4, -0.2) is 13.1 Å². The molecule has 3 heteroatoms. The van der Waals surface area contributed by atoms with E-state index in [0.29, 0.717) is 5.92 Å². The molecule has 14 heavy (non-hydrogen) atoms. The highest BCUT2D eigenvalue weighted by atomic mass is 32.1. The molecule has 78 valence electrons. The summed E-state index contributed by atoms with van der Waals surface area (Å²) in [6.07, 6.45) is 2.44. The smallest absolute Gasteiger partial charge is 0.0422 e. The van der Waals surface area contributed by atoms with Crippen LogP contribution in [0.2, 0.25) is 0 Å². The molecule has 3 N–H and O–H groups in total. The SMILES string of the molecule is Cc1ccsc1C(N)C1CCNCC1. The van der Waals surface area contributed by atoms with Crippen molar-refractivity contribution in [2.24, 2.45) is 11.7 Å². The Labute approximate surface area is 89.5 Å². The lowest BCUT2D eigenvalue weighted by Gasteiger charge is -2.27. The number of aryl methyl sites for hydroxylation is 1. The first-order valence-corrected chi connectivity index (χ1v) is 6.17. The largest absolute Gasteiger partial charge is 0.323 e. The summed E-state index contributed by atoms with van der Waals surface area (Å²) >= 11 is 1.81. The first-order chi connectivity index (χ1) is 6.79. The monoisotopic (exact) mass is 210 g/mol. The Morgan fingerprint density at radius 3 is 2.79 bits per heavy atom. The summed E-state index contributed by atoms with van der Waals surface area (Å²) in [4.78, 5) is 1.39. The Morgan fingerprint density at radius 1 is 1.50 bits per heavy atom. The molecule has 0 bridgehead atoms. The quantitative estimate of drug-likeness (QED) is 0.784. The van der Waals surface area contributed by atoms with E-state index in [-0.39, 0.29) is 6.04 Å². The molecular formula is C11H18N2S. The standard InChI is InChI=1S/C11H18N2S/c1-8-4-7-14-11(8)10(12)9-2-5-13-6-3-9/h4,7,9-10,13H,2-3,5-6,12H2,1H3. The summed E-state index contributed by atoms with van der Waals surface area (Å²) in [5.41, 5.74) is 7.66. The van der Waals surface area contributed by atoms with Gasteiger partial charge in [-0.3, -0.25) is 0 Å². The lowest BCUT2D eigenvalue weighted by atomic mass is 9.89. The number of thiophene rings is 1. The van der Waals surface area contributed by atoms with Gasteiger partial charge in [0.15, 0.2) is 0 Å². The Kier molecular flexibility index (Phi) is 3.21. The third kappa shape index (κ3) is 2.00. The van der Waals surface area contributed by atoms with E-state index >= 15 is 0 Å². The maximum absolute atomic E-state index is 6.30. The van der Waals surface area contributed by atoms with Crippen LogP contribution >= 0.6 is 11.3 Å². The zero-order valence-corrected chi connectivity index (χ0v) is 9.44. The summed E-state index contributed by atoms with van der Waals surface area (Å²) in [5.74, 6) is 0.675. The number of nitrogens with two attached hydrogens (primary N) is 1. The molecule has 1 unspecified atom stereocenters. The van der Waals surface area contributed by atoms with Gasteiger partial charge in [-0.25, -0.2) is 0 Å². The van der Waals surface area contributed by atoms with Gasteiger partial charge in [-0.05, 0) is 55.8 Å². The van der Waals surface area contributed by atoms with Crippen molar-refractivity contribution in [1.82, 2.24) is 5.32 Å². The summed E-state index contributed by atoms with van der Waals surface area (Å²) in [5, 5.41) is 5.52. The van der Waals surface area contributed by atoms with Crippen LogP contribution in [0, 0.1) is 12.8 Å². The van der Waals surface area contributed by atoms with Crippen molar-refractivity contribution in [3.05, 3.63) is 21.9 Å². The van der Waals surface area contributed by atoms with E-state index in [2.05, 4.69) is 23.7 Å². The third-order valence-corrected chi connectivity index (χ3v) is 4.22. The van der Waals surface area contributed by atoms with Gasteiger partial charge < -0.3 is 11.1 Å². The van der Waals surface area contributed by atoms with Gasteiger partial charge in [0.1, 0.15) is 0 Å². The van der Waals surface area contributed by atoms with E-state index in [1.807, 2.05) is 0 Å². The van der Waals surface area contributed by atoms with Gasteiger partial charge in [-0.1, -0.05) is 0 Å². The second kappa shape index (κ2) is 4.43. The number of hydrogen-bond acceptors (Lipinski definition) is 3. The Morgan fingerprint density at radius 2 is 2.21 bits per heavy atom. The lowest BCUT2D eigenvalue weighted by Crippen LogP contribution is -2.33. The first-order valence-electron chi connectivity index (χ1n) is 5.29. The maximum atomic E-state index is 6.30. The van der Waals surface area contributed by atoms with E-state index < -0.39 is 0 Å². The number of rotatable bonds is 2.